The molecule has 1 heterocycles. The third kappa shape index (κ3) is 7.78. The summed E-state index contributed by atoms with van der Waals surface area (Å²) in [6.45, 7) is 2.24. The minimum absolute atomic E-state index is 0.415. The Morgan fingerprint density at radius 1 is 0.950 bits per heavy atom. The van der Waals surface area contributed by atoms with Crippen LogP contribution >= 0.6 is 23.5 Å². The molecule has 0 N–H and O–H groups in total. The SMILES string of the molecule is CCCCC=CCCCC1(CCCC=O)SCCCS1. The van der Waals surface area contributed by atoms with E-state index in [1.165, 1.54) is 62.9 Å². The third-order valence-corrected chi connectivity index (χ3v) is 7.28. The van der Waals surface area contributed by atoms with Gasteiger partial charge in [0.05, 0.1) is 4.08 Å². The molecule has 116 valence electrons. The van der Waals surface area contributed by atoms with Crippen molar-refractivity contribution in [1.29, 1.82) is 0 Å². The average Bonchev–Trinajstić information content (AvgIpc) is 2.48. The fourth-order valence-corrected chi connectivity index (χ4v) is 6.02. The standard InChI is InChI=1S/C17H30OS2/c1-2-3-4-5-6-7-8-12-17(13-9-10-14-18)19-15-11-16-20-17/h5-6,14H,2-4,7-13,15-16H2,1H3. The van der Waals surface area contributed by atoms with Crippen LogP contribution in [0, 0.1) is 0 Å². The molecule has 0 aromatic carbocycles. The fraction of sp³-hybridized carbons (Fsp3) is 0.824. The Hall–Kier alpha value is 0.110. The van der Waals surface area contributed by atoms with Gasteiger partial charge in [0, 0.05) is 6.42 Å². The number of hydrogen-bond acceptors (Lipinski definition) is 3. The Bertz CT molecular complexity index is 270. The van der Waals surface area contributed by atoms with E-state index in [1.807, 2.05) is 0 Å². The summed E-state index contributed by atoms with van der Waals surface area (Å²) in [5.41, 5.74) is 0. The summed E-state index contributed by atoms with van der Waals surface area (Å²) in [6.07, 6.45) is 17.8. The topological polar surface area (TPSA) is 17.1 Å². The van der Waals surface area contributed by atoms with Crippen molar-refractivity contribution >= 4 is 29.8 Å². The monoisotopic (exact) mass is 314 g/mol. The zero-order valence-corrected chi connectivity index (χ0v) is 14.6. The molecule has 1 aliphatic rings. The second-order valence-corrected chi connectivity index (χ2v) is 8.74. The molecule has 0 saturated carbocycles. The first-order valence-electron chi connectivity index (χ1n) is 8.19. The molecule has 0 bridgehead atoms. The molecule has 0 amide bonds. The van der Waals surface area contributed by atoms with Crippen LogP contribution in [0.25, 0.3) is 0 Å². The molecule has 0 aromatic rings. The van der Waals surface area contributed by atoms with Gasteiger partial charge in [-0.25, -0.2) is 0 Å². The molecule has 1 saturated heterocycles. The highest BCUT2D eigenvalue weighted by Crippen LogP contribution is 2.49. The fourth-order valence-electron chi connectivity index (χ4n) is 2.53. The lowest BCUT2D eigenvalue weighted by molar-refractivity contribution is -0.107. The number of carbonyl (C=O) groups is 1. The van der Waals surface area contributed by atoms with Gasteiger partial charge in [-0.15, -0.1) is 23.5 Å². The number of rotatable bonds is 11. The van der Waals surface area contributed by atoms with Crippen LogP contribution < -0.4 is 0 Å². The molecule has 0 unspecified atom stereocenters. The Labute approximate surface area is 133 Å². The molecular weight excluding hydrogens is 284 g/mol. The van der Waals surface area contributed by atoms with Gasteiger partial charge in [-0.05, 0) is 56.5 Å². The minimum atomic E-state index is 0.415. The second-order valence-electron chi connectivity index (χ2n) is 5.53. The Morgan fingerprint density at radius 3 is 2.15 bits per heavy atom. The van der Waals surface area contributed by atoms with E-state index in [-0.39, 0.29) is 0 Å². The molecular formula is C17H30OS2. The molecule has 20 heavy (non-hydrogen) atoms. The van der Waals surface area contributed by atoms with Crippen molar-refractivity contribution < 1.29 is 4.79 Å². The first-order chi connectivity index (χ1) is 9.83. The highest BCUT2D eigenvalue weighted by molar-refractivity contribution is 8.18. The number of thioether (sulfide) groups is 2. The summed E-state index contributed by atoms with van der Waals surface area (Å²) < 4.78 is 0.415. The smallest absolute Gasteiger partial charge is 0.119 e. The molecule has 0 aliphatic carbocycles. The summed E-state index contributed by atoms with van der Waals surface area (Å²) in [5.74, 6) is 2.61. The third-order valence-electron chi connectivity index (χ3n) is 3.72. The summed E-state index contributed by atoms with van der Waals surface area (Å²) in [6, 6.07) is 0. The highest BCUT2D eigenvalue weighted by atomic mass is 32.2. The number of allylic oxidation sites excluding steroid dienone is 2. The van der Waals surface area contributed by atoms with Gasteiger partial charge in [-0.1, -0.05) is 31.9 Å². The zero-order chi connectivity index (χ0) is 14.5. The molecule has 0 atom stereocenters. The summed E-state index contributed by atoms with van der Waals surface area (Å²) in [4.78, 5) is 10.5. The van der Waals surface area contributed by atoms with Gasteiger partial charge in [0.2, 0.25) is 0 Å². The number of hydrogen-bond donors (Lipinski definition) is 0. The average molecular weight is 315 g/mol. The number of aldehydes is 1. The Morgan fingerprint density at radius 2 is 1.55 bits per heavy atom. The summed E-state index contributed by atoms with van der Waals surface area (Å²) in [7, 11) is 0. The molecule has 1 fully saturated rings. The van der Waals surface area contributed by atoms with Crippen molar-refractivity contribution in [3.05, 3.63) is 12.2 Å². The quantitative estimate of drug-likeness (QED) is 0.271. The van der Waals surface area contributed by atoms with E-state index in [4.69, 9.17) is 0 Å². The van der Waals surface area contributed by atoms with Crippen molar-refractivity contribution in [3.63, 3.8) is 0 Å². The van der Waals surface area contributed by atoms with Gasteiger partial charge in [0.25, 0.3) is 0 Å². The van der Waals surface area contributed by atoms with Gasteiger partial charge in [0.1, 0.15) is 6.29 Å². The van der Waals surface area contributed by atoms with Crippen LogP contribution in [-0.2, 0) is 4.79 Å². The van der Waals surface area contributed by atoms with Crippen molar-refractivity contribution in [2.75, 3.05) is 11.5 Å². The molecule has 1 aliphatic heterocycles. The maximum atomic E-state index is 10.5. The summed E-state index contributed by atoms with van der Waals surface area (Å²) in [5, 5.41) is 0. The summed E-state index contributed by atoms with van der Waals surface area (Å²) >= 11 is 4.31. The molecule has 1 nitrogen and oxygen atoms in total. The number of carbonyl (C=O) groups excluding carboxylic acids is 1. The molecule has 1 rings (SSSR count). The van der Waals surface area contributed by atoms with Crippen LogP contribution in [0.15, 0.2) is 12.2 Å². The van der Waals surface area contributed by atoms with E-state index in [9.17, 15) is 4.79 Å². The molecule has 0 aromatic heterocycles. The maximum absolute atomic E-state index is 10.5. The van der Waals surface area contributed by atoms with Gasteiger partial charge in [-0.3, -0.25) is 0 Å². The van der Waals surface area contributed by atoms with Gasteiger partial charge < -0.3 is 4.79 Å². The van der Waals surface area contributed by atoms with Gasteiger partial charge in [-0.2, -0.15) is 0 Å². The normalized spacial score (nSPS) is 18.4. The van der Waals surface area contributed by atoms with Crippen LogP contribution in [-0.4, -0.2) is 21.9 Å². The maximum Gasteiger partial charge on any atom is 0.119 e. The van der Waals surface area contributed by atoms with Crippen molar-refractivity contribution in [2.24, 2.45) is 0 Å². The van der Waals surface area contributed by atoms with Crippen LogP contribution in [0.4, 0.5) is 0 Å². The van der Waals surface area contributed by atoms with Crippen molar-refractivity contribution in [1.82, 2.24) is 0 Å². The van der Waals surface area contributed by atoms with E-state index < -0.39 is 0 Å². The zero-order valence-electron chi connectivity index (χ0n) is 12.9. The van der Waals surface area contributed by atoms with Gasteiger partial charge in [0.15, 0.2) is 0 Å². The van der Waals surface area contributed by atoms with Crippen LogP contribution in [0.1, 0.15) is 71.1 Å². The van der Waals surface area contributed by atoms with Crippen LogP contribution in [0.3, 0.4) is 0 Å². The highest BCUT2D eigenvalue weighted by Gasteiger charge is 2.32. The molecule has 0 spiro atoms. The van der Waals surface area contributed by atoms with Crippen LogP contribution in [0.2, 0.25) is 0 Å². The van der Waals surface area contributed by atoms with E-state index in [0.717, 1.165) is 19.1 Å². The number of unbranched alkanes of at least 4 members (excludes halogenated alkanes) is 4. The lowest BCUT2D eigenvalue weighted by Crippen LogP contribution is -2.25. The Kier molecular flexibility index (Phi) is 10.7. The van der Waals surface area contributed by atoms with E-state index >= 15 is 0 Å². The van der Waals surface area contributed by atoms with E-state index in [2.05, 4.69) is 42.6 Å². The predicted molar refractivity (Wildman–Crippen MR) is 94.7 cm³/mol. The first kappa shape index (κ1) is 18.2. The van der Waals surface area contributed by atoms with Crippen LogP contribution in [0.5, 0.6) is 0 Å². The van der Waals surface area contributed by atoms with Gasteiger partial charge >= 0.3 is 0 Å². The van der Waals surface area contributed by atoms with E-state index in [0.29, 0.717) is 4.08 Å². The van der Waals surface area contributed by atoms with E-state index in [1.54, 1.807) is 0 Å². The lowest BCUT2D eigenvalue weighted by atomic mass is 10.1. The largest absolute Gasteiger partial charge is 0.303 e. The van der Waals surface area contributed by atoms with Crippen molar-refractivity contribution in [3.8, 4) is 0 Å². The second kappa shape index (κ2) is 11.7. The molecule has 0 radical (unpaired) electrons. The minimum Gasteiger partial charge on any atom is -0.303 e. The lowest BCUT2D eigenvalue weighted by Gasteiger charge is -2.36. The predicted octanol–water partition coefficient (Wildman–Crippen LogP) is 5.84. The Balaban J connectivity index is 2.25. The molecule has 3 heteroatoms. The first-order valence-corrected chi connectivity index (χ1v) is 10.2. The van der Waals surface area contributed by atoms with Crippen molar-refractivity contribution in [2.45, 2.75) is 75.2 Å².